The van der Waals surface area contributed by atoms with Gasteiger partial charge in [-0.25, -0.2) is 9.78 Å². The van der Waals surface area contributed by atoms with Gasteiger partial charge in [0.2, 0.25) is 0 Å². The van der Waals surface area contributed by atoms with E-state index < -0.39 is 17.2 Å². The number of ether oxygens (including phenoxy) is 2. The Morgan fingerprint density at radius 2 is 1.74 bits per heavy atom. The number of aromatic nitrogens is 3. The molecule has 9 nitrogen and oxygen atoms in total. The number of rotatable bonds is 5. The number of amides is 1. The molecule has 1 amide bonds. The number of benzene rings is 1. The zero-order valence-electron chi connectivity index (χ0n) is 15.1. The number of nitrogens with zero attached hydrogens (tertiary/aromatic N) is 3. The highest BCUT2D eigenvalue weighted by Gasteiger charge is 2.15. The van der Waals surface area contributed by atoms with E-state index in [2.05, 4.69) is 10.3 Å². The second kappa shape index (κ2) is 7.32. The fourth-order valence-electron chi connectivity index (χ4n) is 2.60. The molecule has 1 N–H and O–H groups in total. The molecule has 0 bridgehead atoms. The fourth-order valence-corrected chi connectivity index (χ4v) is 2.60. The van der Waals surface area contributed by atoms with Gasteiger partial charge in [0.05, 0.1) is 12.8 Å². The zero-order valence-corrected chi connectivity index (χ0v) is 15.1. The van der Waals surface area contributed by atoms with E-state index in [-0.39, 0.29) is 23.3 Å². The van der Waals surface area contributed by atoms with Crippen molar-refractivity contribution < 1.29 is 14.3 Å². The molecule has 2 heterocycles. The Morgan fingerprint density at radius 1 is 1.07 bits per heavy atom. The molecule has 0 fully saturated rings. The molecule has 0 aliphatic carbocycles. The summed E-state index contributed by atoms with van der Waals surface area (Å²) in [4.78, 5) is 40.8. The van der Waals surface area contributed by atoms with Gasteiger partial charge in [-0.3, -0.25) is 18.7 Å². The molecule has 9 heteroatoms. The first kappa shape index (κ1) is 18.2. The lowest BCUT2D eigenvalue weighted by atomic mass is 10.2. The van der Waals surface area contributed by atoms with Crippen LogP contribution in [-0.4, -0.2) is 33.7 Å². The van der Waals surface area contributed by atoms with E-state index in [1.807, 2.05) is 0 Å². The van der Waals surface area contributed by atoms with Crippen LogP contribution < -0.4 is 26.0 Å². The molecule has 0 spiro atoms. The molecule has 140 valence electrons. The minimum atomic E-state index is -0.535. The van der Waals surface area contributed by atoms with Crippen LogP contribution in [0, 0.1) is 0 Å². The lowest BCUT2D eigenvalue weighted by Crippen LogP contribution is -2.37. The molecular weight excluding hydrogens is 352 g/mol. The number of hydrogen-bond acceptors (Lipinski definition) is 6. The molecule has 3 rings (SSSR count). The number of anilines is 1. The molecule has 0 saturated heterocycles. The van der Waals surface area contributed by atoms with Crippen molar-refractivity contribution in [3.8, 4) is 11.5 Å². The van der Waals surface area contributed by atoms with E-state index in [1.54, 1.807) is 31.4 Å². The second-order valence-corrected chi connectivity index (χ2v) is 5.78. The maximum absolute atomic E-state index is 12.5. The molecule has 0 unspecified atom stereocenters. The van der Waals surface area contributed by atoms with Crippen LogP contribution in [0.1, 0.15) is 0 Å². The number of pyridine rings is 1. The smallest absolute Gasteiger partial charge is 0.332 e. The Balaban J connectivity index is 1.82. The highest BCUT2D eigenvalue weighted by atomic mass is 16.5. The summed E-state index contributed by atoms with van der Waals surface area (Å²) in [6.45, 7) is -0.248. The normalized spacial score (nSPS) is 10.6. The lowest BCUT2D eigenvalue weighted by Gasteiger charge is -2.12. The molecule has 0 aliphatic rings. The van der Waals surface area contributed by atoms with Gasteiger partial charge in [0, 0.05) is 20.3 Å². The third-order valence-electron chi connectivity index (χ3n) is 4.04. The number of aryl methyl sites for hydroxylation is 1. The number of carbonyl (C=O) groups excluding carboxylic acids is 1. The first-order valence-corrected chi connectivity index (χ1v) is 8.04. The van der Waals surface area contributed by atoms with Crippen molar-refractivity contribution >= 4 is 22.6 Å². The molecule has 27 heavy (non-hydrogen) atoms. The molecule has 0 aliphatic heterocycles. The van der Waals surface area contributed by atoms with Crippen LogP contribution in [0.15, 0.2) is 46.1 Å². The van der Waals surface area contributed by atoms with E-state index in [0.717, 1.165) is 4.57 Å². The maximum Gasteiger partial charge on any atom is 0.332 e. The van der Waals surface area contributed by atoms with Crippen LogP contribution in [0.25, 0.3) is 11.0 Å². The SMILES string of the molecule is COc1ccc(OCC(=O)Nc2ccnc3c2c(=O)n(C)c(=O)n3C)cc1. The topological polar surface area (TPSA) is 104 Å². The van der Waals surface area contributed by atoms with Crippen LogP contribution >= 0.6 is 0 Å². The Kier molecular flexibility index (Phi) is 4.93. The third kappa shape index (κ3) is 3.52. The van der Waals surface area contributed by atoms with Crippen molar-refractivity contribution in [2.45, 2.75) is 0 Å². The maximum atomic E-state index is 12.5. The van der Waals surface area contributed by atoms with Gasteiger partial charge in [0.15, 0.2) is 12.3 Å². The van der Waals surface area contributed by atoms with Gasteiger partial charge in [-0.15, -0.1) is 0 Å². The first-order valence-electron chi connectivity index (χ1n) is 8.04. The number of hydrogen-bond donors (Lipinski definition) is 1. The van der Waals surface area contributed by atoms with E-state index >= 15 is 0 Å². The number of carbonyl (C=O) groups is 1. The summed E-state index contributed by atoms with van der Waals surface area (Å²) in [7, 11) is 4.44. The van der Waals surface area contributed by atoms with Crippen molar-refractivity contribution in [1.82, 2.24) is 14.1 Å². The summed E-state index contributed by atoms with van der Waals surface area (Å²) in [5, 5.41) is 2.79. The Morgan fingerprint density at radius 3 is 2.41 bits per heavy atom. The average Bonchev–Trinajstić information content (AvgIpc) is 2.69. The second-order valence-electron chi connectivity index (χ2n) is 5.78. The van der Waals surface area contributed by atoms with Gasteiger partial charge in [-0.1, -0.05) is 0 Å². The molecule has 1 aromatic carbocycles. The number of methoxy groups -OCH3 is 1. The van der Waals surface area contributed by atoms with Crippen molar-refractivity contribution in [3.05, 3.63) is 57.4 Å². The third-order valence-corrected chi connectivity index (χ3v) is 4.04. The molecule has 0 radical (unpaired) electrons. The molecule has 0 atom stereocenters. The van der Waals surface area contributed by atoms with E-state index in [4.69, 9.17) is 9.47 Å². The summed E-state index contributed by atoms with van der Waals surface area (Å²) < 4.78 is 12.7. The van der Waals surface area contributed by atoms with Crippen molar-refractivity contribution in [2.75, 3.05) is 19.0 Å². The van der Waals surface area contributed by atoms with Gasteiger partial charge in [0.1, 0.15) is 16.9 Å². The lowest BCUT2D eigenvalue weighted by molar-refractivity contribution is -0.118. The highest BCUT2D eigenvalue weighted by Crippen LogP contribution is 2.18. The van der Waals surface area contributed by atoms with Crippen molar-refractivity contribution in [3.63, 3.8) is 0 Å². The van der Waals surface area contributed by atoms with Crippen LogP contribution in [0.2, 0.25) is 0 Å². The predicted octanol–water partition coefficient (Wildman–Crippen LogP) is 0.658. The van der Waals surface area contributed by atoms with E-state index in [0.29, 0.717) is 11.5 Å². The van der Waals surface area contributed by atoms with Crippen molar-refractivity contribution in [2.24, 2.45) is 14.1 Å². The molecule has 2 aromatic heterocycles. The fraction of sp³-hybridized carbons (Fsp3) is 0.222. The monoisotopic (exact) mass is 370 g/mol. The van der Waals surface area contributed by atoms with Gasteiger partial charge in [-0.05, 0) is 30.3 Å². The van der Waals surface area contributed by atoms with Crippen LogP contribution in [0.3, 0.4) is 0 Å². The standard InChI is InChI=1S/C18H18N4O5/c1-21-16-15(17(24)22(2)18(21)25)13(8-9-19-16)20-14(23)10-27-12-6-4-11(26-3)5-7-12/h4-9H,10H2,1-3H3,(H,19,20,23). The quantitative estimate of drug-likeness (QED) is 0.707. The molecular formula is C18H18N4O5. The summed E-state index contributed by atoms with van der Waals surface area (Å²) >= 11 is 0. The number of fused-ring (bicyclic) bond motifs is 1. The van der Waals surface area contributed by atoms with Crippen LogP contribution in [0.4, 0.5) is 5.69 Å². The summed E-state index contributed by atoms with van der Waals surface area (Å²) in [5.41, 5.74) is -0.574. The van der Waals surface area contributed by atoms with Crippen molar-refractivity contribution in [1.29, 1.82) is 0 Å². The van der Waals surface area contributed by atoms with Crippen LogP contribution in [0.5, 0.6) is 11.5 Å². The molecule has 0 saturated carbocycles. The summed E-state index contributed by atoms with van der Waals surface area (Å²) in [6, 6.07) is 8.29. The Hall–Kier alpha value is -3.62. The van der Waals surface area contributed by atoms with Gasteiger partial charge in [0.25, 0.3) is 11.5 Å². The predicted molar refractivity (Wildman–Crippen MR) is 99.3 cm³/mol. The Bertz CT molecular complexity index is 1120. The largest absolute Gasteiger partial charge is 0.497 e. The Labute approximate surface area is 153 Å². The minimum absolute atomic E-state index is 0.153. The average molecular weight is 370 g/mol. The molecule has 3 aromatic rings. The highest BCUT2D eigenvalue weighted by molar-refractivity contribution is 6.00. The summed E-state index contributed by atoms with van der Waals surface area (Å²) in [5.74, 6) is 0.731. The van der Waals surface area contributed by atoms with Gasteiger partial charge < -0.3 is 14.8 Å². The van der Waals surface area contributed by atoms with Gasteiger partial charge in [-0.2, -0.15) is 0 Å². The first-order chi connectivity index (χ1) is 12.9. The number of nitrogens with one attached hydrogen (secondary N) is 1. The van der Waals surface area contributed by atoms with Crippen LogP contribution in [-0.2, 0) is 18.9 Å². The minimum Gasteiger partial charge on any atom is -0.497 e. The van der Waals surface area contributed by atoms with E-state index in [9.17, 15) is 14.4 Å². The summed E-state index contributed by atoms with van der Waals surface area (Å²) in [6.07, 6.45) is 1.42. The van der Waals surface area contributed by atoms with Gasteiger partial charge >= 0.3 is 5.69 Å². The zero-order chi connectivity index (χ0) is 19.6. The van der Waals surface area contributed by atoms with E-state index in [1.165, 1.54) is 30.9 Å².